The third-order valence-electron chi connectivity index (χ3n) is 6.24. The Kier molecular flexibility index (Phi) is 6.64. The highest BCUT2D eigenvalue weighted by Gasteiger charge is 2.31. The molecule has 9 nitrogen and oxygen atoms in total. The molecule has 0 spiro atoms. The van der Waals surface area contributed by atoms with Crippen LogP contribution in [0.25, 0.3) is 16.8 Å². The Morgan fingerprint density at radius 1 is 1.21 bits per heavy atom. The minimum atomic E-state index is -3.76. The molecule has 1 fully saturated rings. The van der Waals surface area contributed by atoms with E-state index in [0.29, 0.717) is 29.9 Å². The van der Waals surface area contributed by atoms with Gasteiger partial charge in [0.2, 0.25) is 10.0 Å². The second-order valence-electron chi connectivity index (χ2n) is 8.76. The number of ether oxygens (including phenoxy) is 1. The van der Waals surface area contributed by atoms with Crippen LogP contribution in [0.1, 0.15) is 55.0 Å². The van der Waals surface area contributed by atoms with E-state index in [0.717, 1.165) is 30.7 Å². The Bertz CT molecular complexity index is 1340. The van der Waals surface area contributed by atoms with Gasteiger partial charge in [0.1, 0.15) is 10.6 Å². The van der Waals surface area contributed by atoms with Gasteiger partial charge in [-0.3, -0.25) is 4.79 Å². The molecule has 1 aromatic carbocycles. The Labute approximate surface area is 200 Å². The highest BCUT2D eigenvalue weighted by atomic mass is 32.2. The number of carbonyl (C=O) groups is 1. The standard InChI is InChI=1S/C24H31N5O4S/c1-6-15(2)26-24(30)22-21(23-25-16(3)13-17(4)29(23)27-22)18-9-10-19(33-5)20(14-18)34(31,32)28-11-7-8-12-28/h9-10,13-15H,6-8,11-12H2,1-5H3,(H,26,30)/t15-/m0/s1. The zero-order valence-electron chi connectivity index (χ0n) is 20.3. The van der Waals surface area contributed by atoms with E-state index >= 15 is 0 Å². The van der Waals surface area contributed by atoms with E-state index in [2.05, 4.69) is 15.4 Å². The predicted molar refractivity (Wildman–Crippen MR) is 130 cm³/mol. The summed E-state index contributed by atoms with van der Waals surface area (Å²) >= 11 is 0. The van der Waals surface area contributed by atoms with Crippen molar-refractivity contribution in [3.8, 4) is 16.9 Å². The second kappa shape index (κ2) is 9.34. The Hall–Kier alpha value is -2.98. The summed E-state index contributed by atoms with van der Waals surface area (Å²) in [6.07, 6.45) is 2.43. The van der Waals surface area contributed by atoms with E-state index in [1.165, 1.54) is 11.4 Å². The van der Waals surface area contributed by atoms with Crippen molar-refractivity contribution < 1.29 is 17.9 Å². The summed E-state index contributed by atoms with van der Waals surface area (Å²) in [4.78, 5) is 18.0. The molecule has 0 aliphatic carbocycles. The highest BCUT2D eigenvalue weighted by Crippen LogP contribution is 2.36. The van der Waals surface area contributed by atoms with Crippen LogP contribution in [0.15, 0.2) is 29.2 Å². The molecule has 0 unspecified atom stereocenters. The fourth-order valence-electron chi connectivity index (χ4n) is 4.24. The lowest BCUT2D eigenvalue weighted by Crippen LogP contribution is -2.32. The van der Waals surface area contributed by atoms with Crippen molar-refractivity contribution in [3.05, 3.63) is 41.3 Å². The number of methoxy groups -OCH3 is 1. The number of carbonyl (C=O) groups excluding carboxylic acids is 1. The monoisotopic (exact) mass is 485 g/mol. The third-order valence-corrected chi connectivity index (χ3v) is 8.16. The summed E-state index contributed by atoms with van der Waals surface area (Å²) in [6, 6.07) is 6.79. The van der Waals surface area contributed by atoms with Crippen LogP contribution in [0.5, 0.6) is 5.75 Å². The molecule has 2 aromatic heterocycles. The van der Waals surface area contributed by atoms with Crippen LogP contribution in [-0.4, -0.2) is 59.5 Å². The maximum Gasteiger partial charge on any atom is 0.272 e. The molecule has 0 radical (unpaired) electrons. The summed E-state index contributed by atoms with van der Waals surface area (Å²) in [5.74, 6) is -0.0651. The Morgan fingerprint density at radius 3 is 2.56 bits per heavy atom. The largest absolute Gasteiger partial charge is 0.495 e. The number of hydrogen-bond donors (Lipinski definition) is 1. The molecule has 182 valence electrons. The molecule has 1 aliphatic heterocycles. The topological polar surface area (TPSA) is 106 Å². The molecule has 3 aromatic rings. The molecular formula is C24H31N5O4S. The number of amides is 1. The molecule has 0 saturated carbocycles. The lowest BCUT2D eigenvalue weighted by molar-refractivity contribution is 0.0934. The average molecular weight is 486 g/mol. The van der Waals surface area contributed by atoms with Gasteiger partial charge in [-0.25, -0.2) is 17.9 Å². The first kappa shape index (κ1) is 24.2. The minimum Gasteiger partial charge on any atom is -0.495 e. The number of nitrogens with zero attached hydrogens (tertiary/aromatic N) is 4. The number of sulfonamides is 1. The Balaban J connectivity index is 1.95. The summed E-state index contributed by atoms with van der Waals surface area (Å²) < 4.78 is 35.4. The number of nitrogens with one attached hydrogen (secondary N) is 1. The number of hydrogen-bond acceptors (Lipinski definition) is 6. The van der Waals surface area contributed by atoms with Crippen LogP contribution >= 0.6 is 0 Å². The van der Waals surface area contributed by atoms with Gasteiger partial charge in [0.25, 0.3) is 5.91 Å². The first-order chi connectivity index (χ1) is 16.2. The van der Waals surface area contributed by atoms with Crippen LogP contribution in [-0.2, 0) is 10.0 Å². The van der Waals surface area contributed by atoms with Gasteiger partial charge in [-0.2, -0.15) is 9.40 Å². The number of rotatable bonds is 7. The van der Waals surface area contributed by atoms with E-state index in [1.807, 2.05) is 33.8 Å². The maximum absolute atomic E-state index is 13.4. The van der Waals surface area contributed by atoms with Crippen LogP contribution in [0.4, 0.5) is 0 Å². The van der Waals surface area contributed by atoms with Crippen molar-refractivity contribution in [2.75, 3.05) is 20.2 Å². The molecule has 4 rings (SSSR count). The first-order valence-corrected chi connectivity index (χ1v) is 13.0. The number of aromatic nitrogens is 3. The van der Waals surface area contributed by atoms with Gasteiger partial charge in [-0.1, -0.05) is 13.0 Å². The molecule has 0 bridgehead atoms. The lowest BCUT2D eigenvalue weighted by Gasteiger charge is -2.18. The van der Waals surface area contributed by atoms with Gasteiger partial charge in [0, 0.05) is 30.5 Å². The molecule has 1 atom stereocenters. The quantitative estimate of drug-likeness (QED) is 0.550. The number of aryl methyl sites for hydroxylation is 2. The molecular weight excluding hydrogens is 454 g/mol. The van der Waals surface area contributed by atoms with Crippen molar-refractivity contribution in [2.24, 2.45) is 0 Å². The van der Waals surface area contributed by atoms with Crippen LogP contribution in [0, 0.1) is 13.8 Å². The fraction of sp³-hybridized carbons (Fsp3) is 0.458. The average Bonchev–Trinajstić information content (AvgIpc) is 3.47. The molecule has 1 amide bonds. The van der Waals surface area contributed by atoms with Crippen molar-refractivity contribution in [3.63, 3.8) is 0 Å². The summed E-state index contributed by atoms with van der Waals surface area (Å²) in [5.41, 5.74) is 3.34. The minimum absolute atomic E-state index is 0.0390. The van der Waals surface area contributed by atoms with Gasteiger partial charge < -0.3 is 10.1 Å². The molecule has 1 N–H and O–H groups in total. The van der Waals surface area contributed by atoms with Gasteiger partial charge >= 0.3 is 0 Å². The predicted octanol–water partition coefficient (Wildman–Crippen LogP) is 3.33. The molecule has 3 heterocycles. The van der Waals surface area contributed by atoms with Crippen molar-refractivity contribution in [1.29, 1.82) is 0 Å². The number of fused-ring (bicyclic) bond motifs is 1. The van der Waals surface area contributed by atoms with E-state index in [1.54, 1.807) is 22.7 Å². The van der Waals surface area contributed by atoms with E-state index < -0.39 is 10.0 Å². The van der Waals surface area contributed by atoms with E-state index in [4.69, 9.17) is 4.74 Å². The first-order valence-electron chi connectivity index (χ1n) is 11.5. The van der Waals surface area contributed by atoms with Crippen molar-refractivity contribution in [1.82, 2.24) is 24.2 Å². The zero-order chi connectivity index (χ0) is 24.6. The molecule has 10 heteroatoms. The van der Waals surface area contributed by atoms with Gasteiger partial charge in [0.15, 0.2) is 11.3 Å². The third kappa shape index (κ3) is 4.27. The number of benzene rings is 1. The van der Waals surface area contributed by atoms with Crippen LogP contribution in [0.3, 0.4) is 0 Å². The van der Waals surface area contributed by atoms with Crippen LogP contribution < -0.4 is 10.1 Å². The molecule has 1 aliphatic rings. The summed E-state index contributed by atoms with van der Waals surface area (Å²) in [6.45, 7) is 8.65. The molecule has 34 heavy (non-hydrogen) atoms. The fourth-order valence-corrected chi connectivity index (χ4v) is 5.94. The summed E-state index contributed by atoms with van der Waals surface area (Å²) in [5, 5.41) is 7.55. The molecule has 1 saturated heterocycles. The van der Waals surface area contributed by atoms with E-state index in [-0.39, 0.29) is 28.3 Å². The lowest BCUT2D eigenvalue weighted by atomic mass is 10.0. The summed E-state index contributed by atoms with van der Waals surface area (Å²) in [7, 11) is -2.31. The highest BCUT2D eigenvalue weighted by molar-refractivity contribution is 7.89. The van der Waals surface area contributed by atoms with E-state index in [9.17, 15) is 13.2 Å². The van der Waals surface area contributed by atoms with Gasteiger partial charge in [0.05, 0.1) is 12.7 Å². The zero-order valence-corrected chi connectivity index (χ0v) is 21.1. The van der Waals surface area contributed by atoms with Crippen molar-refractivity contribution in [2.45, 2.75) is 57.9 Å². The SMILES string of the molecule is CC[C@H](C)NC(=O)c1nn2c(C)cc(C)nc2c1-c1ccc(OC)c(S(=O)(=O)N2CCCC2)c1. The second-order valence-corrected chi connectivity index (χ2v) is 10.7. The van der Waals surface area contributed by atoms with Crippen LogP contribution in [0.2, 0.25) is 0 Å². The van der Waals surface area contributed by atoms with Crippen molar-refractivity contribution >= 4 is 21.6 Å². The maximum atomic E-state index is 13.4. The normalized spacial score (nSPS) is 15.6. The smallest absolute Gasteiger partial charge is 0.272 e. The van der Waals surface area contributed by atoms with Gasteiger partial charge in [-0.05, 0) is 63.8 Å². The Morgan fingerprint density at radius 2 is 1.91 bits per heavy atom. The van der Waals surface area contributed by atoms with Gasteiger partial charge in [-0.15, -0.1) is 0 Å².